The van der Waals surface area contributed by atoms with Crippen LogP contribution in [0.2, 0.25) is 0 Å². The van der Waals surface area contributed by atoms with E-state index in [0.717, 1.165) is 32.6 Å². The highest BCUT2D eigenvalue weighted by atomic mass is 16.3. The molecule has 1 atom stereocenters. The van der Waals surface area contributed by atoms with Gasteiger partial charge in [-0.25, -0.2) is 0 Å². The minimum Gasteiger partial charge on any atom is -0.396 e. The Labute approximate surface area is 153 Å². The highest BCUT2D eigenvalue weighted by Crippen LogP contribution is 2.24. The molecule has 0 aliphatic carbocycles. The van der Waals surface area contributed by atoms with Crippen molar-refractivity contribution in [2.75, 3.05) is 39.3 Å². The van der Waals surface area contributed by atoms with Gasteiger partial charge in [-0.3, -0.25) is 9.80 Å². The third-order valence-corrected chi connectivity index (χ3v) is 6.02. The molecule has 4 nitrogen and oxygen atoms in total. The largest absolute Gasteiger partial charge is 0.396 e. The predicted molar refractivity (Wildman–Crippen MR) is 104 cm³/mol. The molecule has 0 spiro atoms. The molecule has 0 bridgehead atoms. The van der Waals surface area contributed by atoms with Crippen LogP contribution in [0.3, 0.4) is 0 Å². The van der Waals surface area contributed by atoms with E-state index in [1.807, 2.05) is 0 Å². The molecule has 2 aliphatic heterocycles. The number of nitrogens with zero attached hydrogens (tertiary/aromatic N) is 3. The van der Waals surface area contributed by atoms with Crippen LogP contribution in [0.25, 0.3) is 0 Å². The lowest BCUT2D eigenvalue weighted by molar-refractivity contribution is -0.0000288. The van der Waals surface area contributed by atoms with Crippen LogP contribution in [0.4, 0.5) is 0 Å². The molecule has 4 heteroatoms. The molecule has 25 heavy (non-hydrogen) atoms. The van der Waals surface area contributed by atoms with Gasteiger partial charge in [0.1, 0.15) is 0 Å². The lowest BCUT2D eigenvalue weighted by Gasteiger charge is -2.48. The Kier molecular flexibility index (Phi) is 6.88. The Hall–Kier alpha value is -0.940. The first kappa shape index (κ1) is 18.8. The fraction of sp³-hybridized carbons (Fsp3) is 0.714. The zero-order chi connectivity index (χ0) is 17.6. The van der Waals surface area contributed by atoms with E-state index in [1.54, 1.807) is 0 Å². The first-order valence-electron chi connectivity index (χ1n) is 10.0. The summed E-state index contributed by atoms with van der Waals surface area (Å²) in [6, 6.07) is 12.6. The van der Waals surface area contributed by atoms with Crippen LogP contribution >= 0.6 is 0 Å². The van der Waals surface area contributed by atoms with Crippen LogP contribution in [0.15, 0.2) is 30.3 Å². The first-order chi connectivity index (χ1) is 12.2. The molecule has 0 unspecified atom stereocenters. The number of hydrogen-bond acceptors (Lipinski definition) is 4. The zero-order valence-electron chi connectivity index (χ0n) is 16.0. The maximum atomic E-state index is 9.57. The van der Waals surface area contributed by atoms with Crippen LogP contribution in [-0.2, 0) is 6.54 Å². The predicted octanol–water partition coefficient (Wildman–Crippen LogP) is 2.43. The standard InChI is InChI=1S/C21H35N3O/c1-18(2)23-11-8-20(9-12-23)24-14-13-22(17-21(24)10-15-25)16-19-6-4-3-5-7-19/h3-7,18,20-21,25H,8-17H2,1-2H3/t21-/m0/s1. The number of aliphatic hydroxyl groups is 1. The highest BCUT2D eigenvalue weighted by Gasteiger charge is 2.33. The first-order valence-corrected chi connectivity index (χ1v) is 10.0. The molecule has 0 saturated carbocycles. The Morgan fingerprint density at radius 1 is 1.04 bits per heavy atom. The fourth-order valence-corrected chi connectivity index (χ4v) is 4.54. The smallest absolute Gasteiger partial charge is 0.0446 e. The maximum Gasteiger partial charge on any atom is 0.0446 e. The summed E-state index contributed by atoms with van der Waals surface area (Å²) in [5.41, 5.74) is 1.39. The summed E-state index contributed by atoms with van der Waals surface area (Å²) < 4.78 is 0. The Bertz CT molecular complexity index is 499. The number of rotatable bonds is 6. The quantitative estimate of drug-likeness (QED) is 0.858. The number of hydrogen-bond donors (Lipinski definition) is 1. The minimum atomic E-state index is 0.297. The van der Waals surface area contributed by atoms with Crippen molar-refractivity contribution in [3.63, 3.8) is 0 Å². The monoisotopic (exact) mass is 345 g/mol. The number of piperazine rings is 1. The van der Waals surface area contributed by atoms with Crippen LogP contribution < -0.4 is 0 Å². The van der Waals surface area contributed by atoms with Gasteiger partial charge < -0.3 is 10.0 Å². The molecule has 2 fully saturated rings. The highest BCUT2D eigenvalue weighted by molar-refractivity contribution is 5.14. The number of aliphatic hydroxyl groups excluding tert-OH is 1. The molecular weight excluding hydrogens is 310 g/mol. The second-order valence-corrected chi connectivity index (χ2v) is 7.99. The Balaban J connectivity index is 1.56. The van der Waals surface area contributed by atoms with Gasteiger partial charge in [0.05, 0.1) is 0 Å². The summed E-state index contributed by atoms with van der Waals surface area (Å²) in [4.78, 5) is 7.88. The van der Waals surface area contributed by atoms with Gasteiger partial charge in [0, 0.05) is 50.9 Å². The van der Waals surface area contributed by atoms with E-state index in [2.05, 4.69) is 58.9 Å². The normalized spacial score (nSPS) is 24.9. The fourth-order valence-electron chi connectivity index (χ4n) is 4.54. The van der Waals surface area contributed by atoms with E-state index in [0.29, 0.717) is 24.7 Å². The molecule has 140 valence electrons. The van der Waals surface area contributed by atoms with Crippen molar-refractivity contribution in [2.45, 2.75) is 57.8 Å². The molecule has 0 aromatic heterocycles. The summed E-state index contributed by atoms with van der Waals surface area (Å²) in [5, 5.41) is 9.57. The molecular formula is C21H35N3O. The molecule has 1 N–H and O–H groups in total. The van der Waals surface area contributed by atoms with Crippen LogP contribution in [0.1, 0.15) is 38.7 Å². The van der Waals surface area contributed by atoms with Crippen molar-refractivity contribution in [3.05, 3.63) is 35.9 Å². The molecule has 2 heterocycles. The number of piperidine rings is 1. The molecule has 1 aromatic carbocycles. The summed E-state index contributed by atoms with van der Waals surface area (Å²) in [6.45, 7) is 11.7. The summed E-state index contributed by atoms with van der Waals surface area (Å²) in [7, 11) is 0. The van der Waals surface area contributed by atoms with E-state index in [9.17, 15) is 5.11 Å². The third-order valence-electron chi connectivity index (χ3n) is 6.02. The Morgan fingerprint density at radius 3 is 2.40 bits per heavy atom. The minimum absolute atomic E-state index is 0.297. The SMILES string of the molecule is CC(C)N1CCC(N2CCN(Cc3ccccc3)C[C@@H]2CCO)CC1. The number of likely N-dealkylation sites (tertiary alicyclic amines) is 1. The van der Waals surface area contributed by atoms with Gasteiger partial charge >= 0.3 is 0 Å². The molecule has 3 rings (SSSR count). The van der Waals surface area contributed by atoms with E-state index in [-0.39, 0.29) is 0 Å². The number of benzene rings is 1. The second-order valence-electron chi connectivity index (χ2n) is 7.99. The molecule has 1 aromatic rings. The average molecular weight is 346 g/mol. The Morgan fingerprint density at radius 2 is 1.76 bits per heavy atom. The molecule has 0 amide bonds. The molecule has 0 radical (unpaired) electrons. The maximum absolute atomic E-state index is 9.57. The van der Waals surface area contributed by atoms with Crippen LogP contribution in [-0.4, -0.2) is 77.3 Å². The molecule has 2 aliphatic rings. The van der Waals surface area contributed by atoms with E-state index >= 15 is 0 Å². The van der Waals surface area contributed by atoms with Crippen molar-refractivity contribution < 1.29 is 5.11 Å². The zero-order valence-corrected chi connectivity index (χ0v) is 16.0. The molecule has 2 saturated heterocycles. The van der Waals surface area contributed by atoms with Crippen molar-refractivity contribution in [1.29, 1.82) is 0 Å². The third kappa shape index (κ3) is 5.04. The van der Waals surface area contributed by atoms with Crippen LogP contribution in [0.5, 0.6) is 0 Å². The lowest BCUT2D eigenvalue weighted by atomic mass is 9.97. The summed E-state index contributed by atoms with van der Waals surface area (Å²) in [5.74, 6) is 0. The van der Waals surface area contributed by atoms with E-state index < -0.39 is 0 Å². The van der Waals surface area contributed by atoms with Gasteiger partial charge in [0.25, 0.3) is 0 Å². The van der Waals surface area contributed by atoms with Crippen LogP contribution in [0, 0.1) is 0 Å². The average Bonchev–Trinajstić information content (AvgIpc) is 2.63. The summed E-state index contributed by atoms with van der Waals surface area (Å²) in [6.07, 6.45) is 3.45. The lowest BCUT2D eigenvalue weighted by Crippen LogP contribution is -2.58. The van der Waals surface area contributed by atoms with E-state index in [4.69, 9.17) is 0 Å². The summed E-state index contributed by atoms with van der Waals surface area (Å²) >= 11 is 0. The van der Waals surface area contributed by atoms with Gasteiger partial charge in [0.2, 0.25) is 0 Å². The van der Waals surface area contributed by atoms with Crippen molar-refractivity contribution in [1.82, 2.24) is 14.7 Å². The topological polar surface area (TPSA) is 30.0 Å². The van der Waals surface area contributed by atoms with Crippen molar-refractivity contribution in [3.8, 4) is 0 Å². The van der Waals surface area contributed by atoms with Crippen molar-refractivity contribution in [2.24, 2.45) is 0 Å². The van der Waals surface area contributed by atoms with Gasteiger partial charge in [-0.1, -0.05) is 30.3 Å². The van der Waals surface area contributed by atoms with Gasteiger partial charge in [-0.05, 0) is 51.8 Å². The van der Waals surface area contributed by atoms with E-state index in [1.165, 1.54) is 31.5 Å². The van der Waals surface area contributed by atoms with Gasteiger partial charge in [-0.15, -0.1) is 0 Å². The van der Waals surface area contributed by atoms with Gasteiger partial charge in [-0.2, -0.15) is 0 Å². The second kappa shape index (κ2) is 9.13. The van der Waals surface area contributed by atoms with Gasteiger partial charge in [0.15, 0.2) is 0 Å². The van der Waals surface area contributed by atoms with Crippen molar-refractivity contribution >= 4 is 0 Å².